The van der Waals surface area contributed by atoms with Gasteiger partial charge in [-0.2, -0.15) is 5.10 Å². The third-order valence-electron chi connectivity index (χ3n) is 5.99. The van der Waals surface area contributed by atoms with Gasteiger partial charge in [-0.25, -0.2) is 0 Å². The van der Waals surface area contributed by atoms with Crippen molar-refractivity contribution in [3.63, 3.8) is 0 Å². The van der Waals surface area contributed by atoms with Gasteiger partial charge in [-0.15, -0.1) is 0 Å². The smallest absolute Gasteiger partial charge is 0.214 e. The number of ether oxygens (including phenoxy) is 2. The Kier molecular flexibility index (Phi) is 4.97. The summed E-state index contributed by atoms with van der Waals surface area (Å²) >= 11 is 0. The molecule has 4 aromatic rings. The van der Waals surface area contributed by atoms with E-state index in [0.29, 0.717) is 17.2 Å². The number of hydrogen-bond acceptors (Lipinski definition) is 4. The van der Waals surface area contributed by atoms with Gasteiger partial charge in [-0.3, -0.25) is 9.48 Å². The van der Waals surface area contributed by atoms with Gasteiger partial charge in [0, 0.05) is 36.1 Å². The van der Waals surface area contributed by atoms with Crippen LogP contribution in [0.2, 0.25) is 0 Å². The number of aromatic nitrogens is 2. The molecule has 0 amide bonds. The number of carbonyl (C=O) groups is 1. The summed E-state index contributed by atoms with van der Waals surface area (Å²) in [6.45, 7) is 2.40. The second-order valence-corrected chi connectivity index (χ2v) is 7.79. The average Bonchev–Trinajstić information content (AvgIpc) is 3.17. The first-order valence-corrected chi connectivity index (χ1v) is 10.4. The summed E-state index contributed by atoms with van der Waals surface area (Å²) in [4.78, 5) is 13.6. The van der Waals surface area contributed by atoms with Crippen LogP contribution < -0.4 is 4.74 Å². The highest BCUT2D eigenvalue weighted by Gasteiger charge is 2.23. The summed E-state index contributed by atoms with van der Waals surface area (Å²) in [7, 11) is 1.65. The van der Waals surface area contributed by atoms with E-state index in [4.69, 9.17) is 14.6 Å². The first-order chi connectivity index (χ1) is 14.8. The minimum Gasteiger partial charge on any atom is -0.496 e. The Morgan fingerprint density at radius 3 is 2.47 bits per heavy atom. The summed E-state index contributed by atoms with van der Waals surface area (Å²) in [6.07, 6.45) is 2.06. The molecule has 1 saturated heterocycles. The van der Waals surface area contributed by atoms with Gasteiger partial charge in [0.2, 0.25) is 5.78 Å². The van der Waals surface area contributed by atoms with Gasteiger partial charge >= 0.3 is 0 Å². The van der Waals surface area contributed by atoms with Crippen molar-refractivity contribution in [1.29, 1.82) is 0 Å². The maximum Gasteiger partial charge on any atom is 0.214 e. The van der Waals surface area contributed by atoms with Gasteiger partial charge in [0.05, 0.1) is 12.6 Å². The molecular formula is C25H24N2O3. The van der Waals surface area contributed by atoms with Crippen molar-refractivity contribution >= 4 is 27.5 Å². The van der Waals surface area contributed by atoms with Crippen molar-refractivity contribution in [3.05, 3.63) is 71.9 Å². The Labute approximate surface area is 175 Å². The molecule has 5 heteroatoms. The van der Waals surface area contributed by atoms with Crippen LogP contribution in [0, 0.1) is 5.92 Å². The van der Waals surface area contributed by atoms with Crippen molar-refractivity contribution in [2.24, 2.45) is 5.92 Å². The Bertz CT molecular complexity index is 1220. The molecule has 152 valence electrons. The van der Waals surface area contributed by atoms with Crippen molar-refractivity contribution in [2.75, 3.05) is 20.3 Å². The molecule has 0 saturated carbocycles. The summed E-state index contributed by atoms with van der Waals surface area (Å²) in [5, 5.41) is 7.51. The maximum atomic E-state index is 13.6. The molecule has 1 fully saturated rings. The normalized spacial score (nSPS) is 15.0. The van der Waals surface area contributed by atoms with E-state index in [-0.39, 0.29) is 5.78 Å². The van der Waals surface area contributed by atoms with Gasteiger partial charge in [-0.1, -0.05) is 42.5 Å². The number of hydrogen-bond donors (Lipinski definition) is 0. The molecule has 30 heavy (non-hydrogen) atoms. The number of para-hydroxylation sites is 1. The van der Waals surface area contributed by atoms with E-state index in [0.717, 1.165) is 60.0 Å². The summed E-state index contributed by atoms with van der Waals surface area (Å²) in [5.41, 5.74) is 2.16. The van der Waals surface area contributed by atoms with Gasteiger partial charge in [0.15, 0.2) is 0 Å². The number of benzene rings is 3. The SMILES string of the molecule is COc1ccc(C(=O)c2nn(CC3CCOCC3)c3ccccc23)c2ccccc12. The van der Waals surface area contributed by atoms with Crippen LogP contribution in [0.3, 0.4) is 0 Å². The van der Waals surface area contributed by atoms with Gasteiger partial charge in [-0.05, 0) is 42.3 Å². The van der Waals surface area contributed by atoms with E-state index in [1.54, 1.807) is 7.11 Å². The molecular weight excluding hydrogens is 376 g/mol. The van der Waals surface area contributed by atoms with Gasteiger partial charge in [0.1, 0.15) is 11.4 Å². The number of carbonyl (C=O) groups excluding carboxylic acids is 1. The summed E-state index contributed by atoms with van der Waals surface area (Å²) < 4.78 is 13.0. The van der Waals surface area contributed by atoms with Crippen LogP contribution in [0.4, 0.5) is 0 Å². The number of ketones is 1. The zero-order valence-electron chi connectivity index (χ0n) is 17.0. The lowest BCUT2D eigenvalue weighted by Gasteiger charge is -2.22. The molecule has 0 unspecified atom stereocenters. The minimum absolute atomic E-state index is 0.0595. The van der Waals surface area contributed by atoms with E-state index in [1.165, 1.54) is 0 Å². The van der Waals surface area contributed by atoms with Gasteiger partial charge in [0.25, 0.3) is 0 Å². The predicted octanol–water partition coefficient (Wildman–Crippen LogP) is 4.86. The first kappa shape index (κ1) is 18.8. The molecule has 0 atom stereocenters. The average molecular weight is 400 g/mol. The fourth-order valence-corrected chi connectivity index (χ4v) is 4.38. The lowest BCUT2D eigenvalue weighted by atomic mass is 9.98. The number of nitrogens with zero attached hydrogens (tertiary/aromatic N) is 2. The molecule has 3 aromatic carbocycles. The maximum absolute atomic E-state index is 13.6. The van der Waals surface area contributed by atoms with Crippen molar-refractivity contribution in [1.82, 2.24) is 9.78 Å². The van der Waals surface area contributed by atoms with E-state index in [9.17, 15) is 4.79 Å². The fourth-order valence-electron chi connectivity index (χ4n) is 4.38. The Hall–Kier alpha value is -3.18. The quantitative estimate of drug-likeness (QED) is 0.449. The topological polar surface area (TPSA) is 53.3 Å². The molecule has 0 bridgehead atoms. The lowest BCUT2D eigenvalue weighted by Crippen LogP contribution is -2.21. The van der Waals surface area contributed by atoms with Crippen molar-refractivity contribution in [2.45, 2.75) is 19.4 Å². The zero-order chi connectivity index (χ0) is 20.5. The molecule has 5 rings (SSSR count). The Balaban J connectivity index is 1.60. The number of fused-ring (bicyclic) bond motifs is 2. The third-order valence-corrected chi connectivity index (χ3v) is 5.99. The lowest BCUT2D eigenvalue weighted by molar-refractivity contribution is 0.0605. The molecule has 1 aliphatic rings. The second kappa shape index (κ2) is 7.92. The van der Waals surface area contributed by atoms with Crippen LogP contribution in [0.1, 0.15) is 28.9 Å². The highest BCUT2D eigenvalue weighted by atomic mass is 16.5. The number of methoxy groups -OCH3 is 1. The van der Waals surface area contributed by atoms with Crippen LogP contribution in [-0.2, 0) is 11.3 Å². The van der Waals surface area contributed by atoms with Crippen molar-refractivity contribution < 1.29 is 14.3 Å². The largest absolute Gasteiger partial charge is 0.496 e. The fraction of sp³-hybridized carbons (Fsp3) is 0.280. The zero-order valence-corrected chi connectivity index (χ0v) is 17.0. The summed E-state index contributed by atoms with van der Waals surface area (Å²) in [6, 6.07) is 19.5. The molecule has 5 nitrogen and oxygen atoms in total. The van der Waals surface area contributed by atoms with Gasteiger partial charge < -0.3 is 9.47 Å². The third kappa shape index (κ3) is 3.25. The Morgan fingerprint density at radius 2 is 1.70 bits per heavy atom. The standard InChI is InChI=1S/C25H24N2O3/c1-29-23-11-10-20(18-6-2-3-7-19(18)23)25(28)24-21-8-4-5-9-22(21)27(26-24)16-17-12-14-30-15-13-17/h2-11,17H,12-16H2,1H3. The number of rotatable bonds is 5. The molecule has 1 aliphatic heterocycles. The molecule has 0 aliphatic carbocycles. The van der Waals surface area contributed by atoms with Crippen LogP contribution in [0.5, 0.6) is 5.75 Å². The van der Waals surface area contributed by atoms with E-state index >= 15 is 0 Å². The molecule has 0 spiro atoms. The van der Waals surface area contributed by atoms with E-state index in [2.05, 4.69) is 0 Å². The predicted molar refractivity (Wildman–Crippen MR) is 117 cm³/mol. The highest BCUT2D eigenvalue weighted by molar-refractivity contribution is 6.20. The molecule has 0 radical (unpaired) electrons. The van der Waals surface area contributed by atoms with Crippen LogP contribution in [0.15, 0.2) is 60.7 Å². The highest BCUT2D eigenvalue weighted by Crippen LogP contribution is 2.31. The molecule has 1 aromatic heterocycles. The summed E-state index contributed by atoms with van der Waals surface area (Å²) in [5.74, 6) is 1.22. The van der Waals surface area contributed by atoms with Crippen molar-refractivity contribution in [3.8, 4) is 5.75 Å². The second-order valence-electron chi connectivity index (χ2n) is 7.79. The van der Waals surface area contributed by atoms with E-state index < -0.39 is 0 Å². The van der Waals surface area contributed by atoms with Crippen LogP contribution in [0.25, 0.3) is 21.7 Å². The minimum atomic E-state index is -0.0595. The monoisotopic (exact) mass is 400 g/mol. The van der Waals surface area contributed by atoms with Crippen LogP contribution >= 0.6 is 0 Å². The Morgan fingerprint density at radius 1 is 1.00 bits per heavy atom. The molecule has 2 heterocycles. The first-order valence-electron chi connectivity index (χ1n) is 10.4. The van der Waals surface area contributed by atoms with Crippen LogP contribution in [-0.4, -0.2) is 35.9 Å². The molecule has 0 N–H and O–H groups in total. The van der Waals surface area contributed by atoms with E-state index in [1.807, 2.05) is 65.3 Å².